The van der Waals surface area contributed by atoms with Crippen LogP contribution < -0.4 is 0 Å². The summed E-state index contributed by atoms with van der Waals surface area (Å²) in [6, 6.07) is 5.88. The lowest BCUT2D eigenvalue weighted by molar-refractivity contribution is -0.142. The number of carbonyl (C=O) groups excluding carboxylic acids is 1. The van der Waals surface area contributed by atoms with Gasteiger partial charge in [0.25, 0.3) is 5.91 Å². The van der Waals surface area contributed by atoms with Gasteiger partial charge in [0.2, 0.25) is 0 Å². The number of rotatable bonds is 6. The van der Waals surface area contributed by atoms with E-state index in [4.69, 9.17) is 0 Å². The largest absolute Gasteiger partial charge is 0.433 e. The van der Waals surface area contributed by atoms with E-state index in [9.17, 15) is 18.0 Å². The van der Waals surface area contributed by atoms with E-state index in [0.717, 1.165) is 21.8 Å². The van der Waals surface area contributed by atoms with Crippen molar-refractivity contribution in [1.82, 2.24) is 29.3 Å². The van der Waals surface area contributed by atoms with Gasteiger partial charge in [-0.1, -0.05) is 6.92 Å². The SMILES string of the molecule is CCc1ccc(-c2cc(C(F)(F)F)n3nc(C(=O)N(C)Cc4nn(CC)cc4Br)cc3n2)s1. The Balaban J connectivity index is 1.71. The van der Waals surface area contributed by atoms with Crippen LogP contribution >= 0.6 is 27.3 Å². The summed E-state index contributed by atoms with van der Waals surface area (Å²) in [5, 5.41) is 8.33. The maximum Gasteiger partial charge on any atom is 0.433 e. The maximum atomic E-state index is 13.8. The first-order chi connectivity index (χ1) is 15.6. The molecule has 7 nitrogen and oxygen atoms in total. The molecule has 0 N–H and O–H groups in total. The Bertz CT molecular complexity index is 1330. The average molecular weight is 541 g/mol. The zero-order valence-electron chi connectivity index (χ0n) is 18.0. The third-order valence-corrected chi connectivity index (χ3v) is 6.96. The van der Waals surface area contributed by atoms with E-state index in [1.807, 2.05) is 19.9 Å². The van der Waals surface area contributed by atoms with Crippen LogP contribution in [-0.4, -0.2) is 42.2 Å². The molecule has 0 fully saturated rings. The zero-order valence-corrected chi connectivity index (χ0v) is 20.4. The molecule has 4 aromatic heterocycles. The predicted molar refractivity (Wildman–Crippen MR) is 122 cm³/mol. The van der Waals surface area contributed by atoms with Crippen LogP contribution in [0.2, 0.25) is 0 Å². The Kier molecular flexibility index (Phi) is 6.32. The lowest BCUT2D eigenvalue weighted by Gasteiger charge is -2.14. The minimum absolute atomic E-state index is 0.0422. The van der Waals surface area contributed by atoms with Crippen molar-refractivity contribution in [2.24, 2.45) is 0 Å². The second kappa shape index (κ2) is 8.90. The molecule has 0 aliphatic heterocycles. The van der Waals surface area contributed by atoms with Gasteiger partial charge in [-0.3, -0.25) is 9.48 Å². The first-order valence-electron chi connectivity index (χ1n) is 10.1. The molecule has 0 radical (unpaired) electrons. The van der Waals surface area contributed by atoms with Gasteiger partial charge in [0.1, 0.15) is 0 Å². The third kappa shape index (κ3) is 4.67. The highest BCUT2D eigenvalue weighted by Crippen LogP contribution is 2.34. The minimum Gasteiger partial charge on any atom is -0.334 e. The van der Waals surface area contributed by atoms with Gasteiger partial charge < -0.3 is 4.90 Å². The quantitative estimate of drug-likeness (QED) is 0.333. The second-order valence-corrected chi connectivity index (χ2v) is 9.41. The van der Waals surface area contributed by atoms with E-state index in [2.05, 4.69) is 31.1 Å². The standard InChI is InChI=1S/C21H20BrF3N6OS/c1-4-12-6-7-17(33-12)14-8-18(21(23,24)25)31-19(26-14)9-15(28-31)20(32)29(3)11-16-13(22)10-30(5-2)27-16/h6-10H,4-5,11H2,1-3H3. The number of aromatic nitrogens is 5. The molecular formula is C21H20BrF3N6OS. The van der Waals surface area contributed by atoms with Gasteiger partial charge in [-0.15, -0.1) is 11.3 Å². The molecule has 4 heterocycles. The molecule has 0 unspecified atom stereocenters. The van der Waals surface area contributed by atoms with Gasteiger partial charge in [-0.2, -0.15) is 23.4 Å². The summed E-state index contributed by atoms with van der Waals surface area (Å²) in [6.45, 7) is 4.75. The summed E-state index contributed by atoms with van der Waals surface area (Å²) >= 11 is 4.80. The van der Waals surface area contributed by atoms with E-state index in [1.54, 1.807) is 24.0 Å². The number of alkyl halides is 3. The predicted octanol–water partition coefficient (Wildman–Crippen LogP) is 5.29. The molecule has 0 spiro atoms. The van der Waals surface area contributed by atoms with Gasteiger partial charge in [-0.25, -0.2) is 9.50 Å². The van der Waals surface area contributed by atoms with Crippen molar-refractivity contribution in [3.05, 3.63) is 56.9 Å². The van der Waals surface area contributed by atoms with Crippen LogP contribution in [0, 0.1) is 0 Å². The Morgan fingerprint density at radius 1 is 1.21 bits per heavy atom. The molecule has 1 amide bonds. The van der Waals surface area contributed by atoms with Crippen molar-refractivity contribution < 1.29 is 18.0 Å². The summed E-state index contributed by atoms with van der Waals surface area (Å²) in [7, 11) is 1.55. The van der Waals surface area contributed by atoms with Crippen molar-refractivity contribution in [2.75, 3.05) is 7.05 Å². The Hall–Kier alpha value is -2.73. The number of fused-ring (bicyclic) bond motifs is 1. The molecular weight excluding hydrogens is 521 g/mol. The number of halogens is 4. The first-order valence-corrected chi connectivity index (χ1v) is 11.8. The van der Waals surface area contributed by atoms with Crippen LogP contribution in [0.1, 0.15) is 40.6 Å². The molecule has 4 rings (SSSR count). The third-order valence-electron chi connectivity index (χ3n) is 5.04. The highest BCUT2D eigenvalue weighted by atomic mass is 79.9. The number of thiophene rings is 1. The molecule has 0 aliphatic rings. The molecule has 4 aromatic rings. The number of hydrogen-bond donors (Lipinski definition) is 0. The fraction of sp³-hybridized carbons (Fsp3) is 0.333. The van der Waals surface area contributed by atoms with Gasteiger partial charge >= 0.3 is 6.18 Å². The molecule has 0 aliphatic carbocycles. The smallest absolute Gasteiger partial charge is 0.334 e. The van der Waals surface area contributed by atoms with E-state index in [1.165, 1.54) is 22.3 Å². The lowest BCUT2D eigenvalue weighted by atomic mass is 10.2. The van der Waals surface area contributed by atoms with Crippen molar-refractivity contribution in [3.8, 4) is 10.6 Å². The Morgan fingerprint density at radius 3 is 2.58 bits per heavy atom. The van der Waals surface area contributed by atoms with Crippen molar-refractivity contribution in [3.63, 3.8) is 0 Å². The van der Waals surface area contributed by atoms with Gasteiger partial charge in [0.15, 0.2) is 17.0 Å². The molecule has 0 atom stereocenters. The molecule has 0 saturated heterocycles. The molecule has 0 aromatic carbocycles. The topological polar surface area (TPSA) is 68.3 Å². The number of aryl methyl sites for hydroxylation is 2. The summed E-state index contributed by atoms with van der Waals surface area (Å²) in [4.78, 5) is 20.3. The van der Waals surface area contributed by atoms with Gasteiger partial charge in [0, 0.05) is 30.7 Å². The molecule has 33 heavy (non-hydrogen) atoms. The fourth-order valence-electron chi connectivity index (χ4n) is 3.31. The number of carbonyl (C=O) groups is 1. The normalized spacial score (nSPS) is 12.0. The zero-order chi connectivity index (χ0) is 23.9. The molecule has 12 heteroatoms. The van der Waals surface area contributed by atoms with E-state index in [0.29, 0.717) is 21.6 Å². The summed E-state index contributed by atoms with van der Waals surface area (Å²) < 4.78 is 44.6. The number of hydrogen-bond acceptors (Lipinski definition) is 5. The Labute approximate surface area is 200 Å². The fourth-order valence-corrected chi connectivity index (χ4v) is 4.66. The monoisotopic (exact) mass is 540 g/mol. The van der Waals surface area contributed by atoms with Crippen LogP contribution in [0.5, 0.6) is 0 Å². The van der Waals surface area contributed by atoms with Crippen LogP contribution in [0.25, 0.3) is 16.2 Å². The van der Waals surface area contributed by atoms with Crippen molar-refractivity contribution in [2.45, 2.75) is 39.5 Å². The highest BCUT2D eigenvalue weighted by molar-refractivity contribution is 9.10. The minimum atomic E-state index is -4.67. The summed E-state index contributed by atoms with van der Waals surface area (Å²) in [5.41, 5.74) is -0.322. The molecule has 0 bridgehead atoms. The lowest BCUT2D eigenvalue weighted by Crippen LogP contribution is -2.27. The number of nitrogens with zero attached hydrogens (tertiary/aromatic N) is 6. The van der Waals surface area contributed by atoms with Gasteiger partial charge in [0.05, 0.1) is 27.3 Å². The summed E-state index contributed by atoms with van der Waals surface area (Å²) in [6.07, 6.45) is -2.09. The van der Waals surface area contributed by atoms with Crippen LogP contribution in [-0.2, 0) is 25.7 Å². The van der Waals surface area contributed by atoms with E-state index >= 15 is 0 Å². The summed E-state index contributed by atoms with van der Waals surface area (Å²) in [5.74, 6) is -0.530. The van der Waals surface area contributed by atoms with Crippen LogP contribution in [0.15, 0.2) is 34.9 Å². The molecule has 0 saturated carbocycles. The number of amides is 1. The van der Waals surface area contributed by atoms with E-state index in [-0.39, 0.29) is 23.6 Å². The first kappa shape index (κ1) is 23.4. The Morgan fingerprint density at radius 2 is 1.97 bits per heavy atom. The van der Waals surface area contributed by atoms with Crippen molar-refractivity contribution >= 4 is 38.8 Å². The van der Waals surface area contributed by atoms with Gasteiger partial charge in [-0.05, 0) is 47.5 Å². The van der Waals surface area contributed by atoms with Crippen LogP contribution in [0.4, 0.5) is 13.2 Å². The second-order valence-electron chi connectivity index (χ2n) is 7.38. The average Bonchev–Trinajstić information content (AvgIpc) is 3.49. The highest BCUT2D eigenvalue weighted by Gasteiger charge is 2.36. The van der Waals surface area contributed by atoms with E-state index < -0.39 is 17.8 Å². The molecule has 174 valence electrons. The maximum absolute atomic E-state index is 13.8. The van der Waals surface area contributed by atoms with Crippen molar-refractivity contribution in [1.29, 1.82) is 0 Å². The van der Waals surface area contributed by atoms with Crippen LogP contribution in [0.3, 0.4) is 0 Å².